The van der Waals surface area contributed by atoms with Gasteiger partial charge in [-0.1, -0.05) is 0 Å². The van der Waals surface area contributed by atoms with Gasteiger partial charge >= 0.3 is 6.03 Å². The molecule has 0 unspecified atom stereocenters. The first-order valence-electron chi connectivity index (χ1n) is 10.1. The lowest BCUT2D eigenvalue weighted by Gasteiger charge is -2.21. The van der Waals surface area contributed by atoms with Gasteiger partial charge in [-0.15, -0.1) is 0 Å². The maximum absolute atomic E-state index is 12.7. The van der Waals surface area contributed by atoms with Crippen LogP contribution in [0.4, 0.5) is 16.3 Å². The summed E-state index contributed by atoms with van der Waals surface area (Å²) in [5, 5.41) is 8.53. The molecule has 2 heterocycles. The van der Waals surface area contributed by atoms with Gasteiger partial charge in [0.05, 0.1) is 25.9 Å². The molecule has 4 rings (SSSR count). The number of fused-ring (bicyclic) bond motifs is 1. The number of hydrogen-bond acceptors (Lipinski definition) is 7. The first kappa shape index (κ1) is 22.4. The highest BCUT2D eigenvalue weighted by molar-refractivity contribution is 6.01. The highest BCUT2D eigenvalue weighted by Gasteiger charge is 2.18. The Kier molecular flexibility index (Phi) is 6.44. The normalized spacial score (nSPS) is 10.4. The highest BCUT2D eigenvalue weighted by atomic mass is 16.5. The van der Waals surface area contributed by atoms with E-state index < -0.39 is 6.03 Å². The van der Waals surface area contributed by atoms with Gasteiger partial charge in [0.15, 0.2) is 17.3 Å². The SMILES string of the molecule is COc1cc2nccc(Oc3ccc(NC(=O)N(NC=O)c4ccnn4C)cc3)c2cc1OC. The van der Waals surface area contributed by atoms with Crippen LogP contribution in [-0.2, 0) is 11.8 Å². The summed E-state index contributed by atoms with van der Waals surface area (Å²) in [6.45, 7) is 0. The van der Waals surface area contributed by atoms with Gasteiger partial charge in [-0.3, -0.25) is 19.9 Å². The van der Waals surface area contributed by atoms with Gasteiger partial charge in [0.2, 0.25) is 6.41 Å². The summed E-state index contributed by atoms with van der Waals surface area (Å²) < 4.78 is 18.2. The molecule has 174 valence electrons. The molecule has 2 aromatic carbocycles. The summed E-state index contributed by atoms with van der Waals surface area (Å²) in [6, 6.07) is 13.2. The van der Waals surface area contributed by atoms with Crippen LogP contribution in [0.25, 0.3) is 10.9 Å². The summed E-state index contributed by atoms with van der Waals surface area (Å²) in [6.07, 6.45) is 3.57. The van der Waals surface area contributed by atoms with E-state index in [1.54, 1.807) is 76.0 Å². The average Bonchev–Trinajstić information content (AvgIpc) is 3.28. The molecular formula is C23H22N6O5. The van der Waals surface area contributed by atoms with Crippen LogP contribution in [0.15, 0.2) is 60.9 Å². The van der Waals surface area contributed by atoms with Gasteiger partial charge in [-0.05, 0) is 36.4 Å². The van der Waals surface area contributed by atoms with Crippen LogP contribution in [0.2, 0.25) is 0 Å². The topological polar surface area (TPSA) is 120 Å². The fourth-order valence-corrected chi connectivity index (χ4v) is 3.32. The van der Waals surface area contributed by atoms with Gasteiger partial charge in [0.1, 0.15) is 11.5 Å². The molecule has 2 N–H and O–H groups in total. The monoisotopic (exact) mass is 462 g/mol. The van der Waals surface area contributed by atoms with E-state index in [1.165, 1.54) is 10.9 Å². The second-order valence-corrected chi connectivity index (χ2v) is 6.99. The fourth-order valence-electron chi connectivity index (χ4n) is 3.32. The molecule has 11 nitrogen and oxygen atoms in total. The number of aromatic nitrogens is 3. The van der Waals surface area contributed by atoms with Gasteiger partial charge in [0.25, 0.3) is 0 Å². The zero-order valence-corrected chi connectivity index (χ0v) is 18.7. The Labute approximate surface area is 194 Å². The molecule has 0 fully saturated rings. The Hall–Kier alpha value is -4.80. The molecule has 34 heavy (non-hydrogen) atoms. The van der Waals surface area contributed by atoms with Crippen LogP contribution >= 0.6 is 0 Å². The molecule has 0 aliphatic heterocycles. The third-order valence-electron chi connectivity index (χ3n) is 4.95. The Balaban J connectivity index is 1.52. The first-order chi connectivity index (χ1) is 16.5. The van der Waals surface area contributed by atoms with Crippen molar-refractivity contribution in [2.24, 2.45) is 7.05 Å². The number of hydrazine groups is 1. The number of methoxy groups -OCH3 is 2. The van der Waals surface area contributed by atoms with Crippen molar-refractivity contribution in [1.29, 1.82) is 0 Å². The predicted octanol–water partition coefficient (Wildman–Crippen LogP) is 3.48. The van der Waals surface area contributed by atoms with E-state index in [0.717, 1.165) is 10.4 Å². The van der Waals surface area contributed by atoms with Crippen molar-refractivity contribution in [1.82, 2.24) is 20.2 Å². The third kappa shape index (κ3) is 4.53. The van der Waals surface area contributed by atoms with E-state index in [-0.39, 0.29) is 0 Å². The molecule has 0 aliphatic rings. The number of urea groups is 1. The number of carbonyl (C=O) groups is 2. The smallest absolute Gasteiger partial charge is 0.346 e. The largest absolute Gasteiger partial charge is 0.493 e. The molecule has 0 saturated carbocycles. The van der Waals surface area contributed by atoms with Crippen molar-refractivity contribution in [3.05, 3.63) is 60.9 Å². The average molecular weight is 462 g/mol. The maximum atomic E-state index is 12.7. The molecule has 3 amide bonds. The number of rotatable bonds is 8. The van der Waals surface area contributed by atoms with Crippen LogP contribution in [0.1, 0.15) is 0 Å². The Morgan fingerprint density at radius 3 is 2.38 bits per heavy atom. The number of ether oxygens (including phenoxy) is 3. The Morgan fingerprint density at radius 2 is 1.74 bits per heavy atom. The zero-order valence-electron chi connectivity index (χ0n) is 18.7. The Morgan fingerprint density at radius 1 is 1.00 bits per heavy atom. The second kappa shape index (κ2) is 9.77. The quantitative estimate of drug-likeness (QED) is 0.304. The number of nitrogens with zero attached hydrogens (tertiary/aromatic N) is 4. The predicted molar refractivity (Wildman–Crippen MR) is 125 cm³/mol. The summed E-state index contributed by atoms with van der Waals surface area (Å²) in [5.41, 5.74) is 3.55. The van der Waals surface area contributed by atoms with Crippen molar-refractivity contribution < 1.29 is 23.8 Å². The molecule has 0 bridgehead atoms. The van der Waals surface area contributed by atoms with Crippen LogP contribution in [0.3, 0.4) is 0 Å². The number of nitrogens with one attached hydrogen (secondary N) is 2. The van der Waals surface area contributed by atoms with Crippen LogP contribution in [0, 0.1) is 0 Å². The van der Waals surface area contributed by atoms with E-state index in [0.29, 0.717) is 46.4 Å². The molecule has 0 radical (unpaired) electrons. The van der Waals surface area contributed by atoms with Gasteiger partial charge in [0, 0.05) is 36.5 Å². The van der Waals surface area contributed by atoms with E-state index in [9.17, 15) is 9.59 Å². The van der Waals surface area contributed by atoms with Crippen LogP contribution in [-0.4, -0.2) is 41.4 Å². The minimum Gasteiger partial charge on any atom is -0.493 e. The molecule has 0 atom stereocenters. The standard InChI is InChI=1S/C23H22N6O5/c1-28-22(9-11-25-28)29(26-14-30)23(31)27-15-4-6-16(7-5-15)34-19-8-10-24-18-13-21(33-3)20(32-2)12-17(18)19/h4-14H,1-3H3,(H,26,30)(H,27,31). The molecule has 0 aliphatic carbocycles. The molecule has 11 heteroatoms. The summed E-state index contributed by atoms with van der Waals surface area (Å²) >= 11 is 0. The number of carbonyl (C=O) groups excluding carboxylic acids is 2. The molecule has 4 aromatic rings. The summed E-state index contributed by atoms with van der Waals surface area (Å²) in [5.74, 6) is 2.66. The maximum Gasteiger partial charge on any atom is 0.346 e. The van der Waals surface area contributed by atoms with Crippen molar-refractivity contribution in [2.45, 2.75) is 0 Å². The minimum atomic E-state index is -0.564. The third-order valence-corrected chi connectivity index (χ3v) is 4.95. The number of anilines is 2. The van der Waals surface area contributed by atoms with E-state index in [1.807, 2.05) is 0 Å². The van der Waals surface area contributed by atoms with Gasteiger partial charge in [-0.25, -0.2) is 4.79 Å². The zero-order chi connectivity index (χ0) is 24.1. The number of benzene rings is 2. The van der Waals surface area contributed by atoms with E-state index in [2.05, 4.69) is 20.8 Å². The number of amides is 3. The lowest BCUT2D eigenvalue weighted by Crippen LogP contribution is -2.46. The van der Waals surface area contributed by atoms with Gasteiger partial charge < -0.3 is 19.5 Å². The second-order valence-electron chi connectivity index (χ2n) is 6.99. The summed E-state index contributed by atoms with van der Waals surface area (Å²) in [4.78, 5) is 28.0. The lowest BCUT2D eigenvalue weighted by molar-refractivity contribution is -0.109. The van der Waals surface area contributed by atoms with Crippen LogP contribution < -0.4 is 30.0 Å². The molecule has 0 spiro atoms. The highest BCUT2D eigenvalue weighted by Crippen LogP contribution is 2.37. The van der Waals surface area contributed by atoms with E-state index in [4.69, 9.17) is 14.2 Å². The molecule has 2 aromatic heterocycles. The van der Waals surface area contributed by atoms with Crippen LogP contribution in [0.5, 0.6) is 23.0 Å². The summed E-state index contributed by atoms with van der Waals surface area (Å²) in [7, 11) is 4.78. The Bertz CT molecular complexity index is 1320. The number of hydrogen-bond donors (Lipinski definition) is 2. The number of pyridine rings is 1. The minimum absolute atomic E-state index is 0.390. The lowest BCUT2D eigenvalue weighted by atomic mass is 10.2. The molecule has 0 saturated heterocycles. The van der Waals surface area contributed by atoms with E-state index >= 15 is 0 Å². The number of aryl methyl sites for hydroxylation is 1. The van der Waals surface area contributed by atoms with Crippen molar-refractivity contribution >= 4 is 34.8 Å². The molecular weight excluding hydrogens is 440 g/mol. The van der Waals surface area contributed by atoms with Crippen molar-refractivity contribution in [3.8, 4) is 23.0 Å². The van der Waals surface area contributed by atoms with Crippen molar-refractivity contribution in [3.63, 3.8) is 0 Å². The fraction of sp³-hybridized carbons (Fsp3) is 0.130. The van der Waals surface area contributed by atoms with Crippen molar-refractivity contribution in [2.75, 3.05) is 24.5 Å². The van der Waals surface area contributed by atoms with Gasteiger partial charge in [-0.2, -0.15) is 10.1 Å². The first-order valence-corrected chi connectivity index (χ1v) is 10.1.